The van der Waals surface area contributed by atoms with Crippen LogP contribution in [0.25, 0.3) is 21.9 Å². The van der Waals surface area contributed by atoms with Crippen molar-refractivity contribution in [3.63, 3.8) is 0 Å². The van der Waals surface area contributed by atoms with Gasteiger partial charge < -0.3 is 4.74 Å². The maximum absolute atomic E-state index is 15.3. The standard InChI is InChI=1S/C31H35F5O/c1-2-3-4-5-6-21-7-9-22(10-8-21)11-12-23-13-16-26-24(19-23)14-17-27(30(26)33)25-15-18-29(28(32)20-25)37-31(34,35)36/h13-22H,2-12H2,1H3. The van der Waals surface area contributed by atoms with E-state index in [1.54, 1.807) is 18.2 Å². The topological polar surface area (TPSA) is 9.23 Å². The molecule has 0 amide bonds. The van der Waals surface area contributed by atoms with E-state index in [0.29, 0.717) is 5.39 Å². The van der Waals surface area contributed by atoms with Crippen LogP contribution in [-0.4, -0.2) is 6.36 Å². The molecule has 3 aromatic carbocycles. The predicted molar refractivity (Wildman–Crippen MR) is 139 cm³/mol. The summed E-state index contributed by atoms with van der Waals surface area (Å²) in [4.78, 5) is 0. The van der Waals surface area contributed by atoms with E-state index in [0.717, 1.165) is 42.2 Å². The summed E-state index contributed by atoms with van der Waals surface area (Å²) in [6, 6.07) is 12.0. The molecule has 1 nitrogen and oxygen atoms in total. The molecule has 200 valence electrons. The SMILES string of the molecule is CCCCCCC1CCC(CCc2ccc3c(F)c(-c4ccc(OC(F)(F)F)c(F)c4)ccc3c2)CC1. The smallest absolute Gasteiger partial charge is 0.403 e. The summed E-state index contributed by atoms with van der Waals surface area (Å²) in [7, 11) is 0. The average Bonchev–Trinajstić information content (AvgIpc) is 2.87. The highest BCUT2D eigenvalue weighted by Gasteiger charge is 2.32. The van der Waals surface area contributed by atoms with Crippen molar-refractivity contribution in [1.29, 1.82) is 0 Å². The van der Waals surface area contributed by atoms with Crippen molar-refractivity contribution in [3.05, 3.63) is 65.7 Å². The molecule has 0 aromatic heterocycles. The monoisotopic (exact) mass is 518 g/mol. The summed E-state index contributed by atoms with van der Waals surface area (Å²) in [5.41, 5.74) is 1.45. The Hall–Kier alpha value is -2.63. The molecule has 0 spiro atoms. The van der Waals surface area contributed by atoms with Gasteiger partial charge in [-0.15, -0.1) is 13.2 Å². The fourth-order valence-corrected chi connectivity index (χ4v) is 5.64. The van der Waals surface area contributed by atoms with Crippen LogP contribution < -0.4 is 4.74 Å². The van der Waals surface area contributed by atoms with Gasteiger partial charge in [-0.3, -0.25) is 0 Å². The van der Waals surface area contributed by atoms with Crippen LogP contribution >= 0.6 is 0 Å². The van der Waals surface area contributed by atoms with E-state index in [2.05, 4.69) is 11.7 Å². The molecule has 3 aromatic rings. The Morgan fingerprint density at radius 3 is 2.22 bits per heavy atom. The Morgan fingerprint density at radius 1 is 0.811 bits per heavy atom. The molecular formula is C31H35F5O. The molecule has 0 aliphatic heterocycles. The summed E-state index contributed by atoms with van der Waals surface area (Å²) in [5.74, 6) is -1.02. The highest BCUT2D eigenvalue weighted by Crippen LogP contribution is 2.36. The van der Waals surface area contributed by atoms with Crippen LogP contribution in [0.3, 0.4) is 0 Å². The van der Waals surface area contributed by atoms with E-state index >= 15 is 4.39 Å². The van der Waals surface area contributed by atoms with Crippen molar-refractivity contribution in [2.24, 2.45) is 11.8 Å². The number of alkyl halides is 3. The lowest BCUT2D eigenvalue weighted by atomic mass is 9.77. The highest BCUT2D eigenvalue weighted by atomic mass is 19.4. The largest absolute Gasteiger partial charge is 0.573 e. The minimum Gasteiger partial charge on any atom is -0.403 e. The Morgan fingerprint density at radius 2 is 1.54 bits per heavy atom. The molecule has 0 N–H and O–H groups in total. The maximum atomic E-state index is 15.3. The summed E-state index contributed by atoms with van der Waals surface area (Å²) >= 11 is 0. The molecule has 6 heteroatoms. The van der Waals surface area contributed by atoms with Crippen molar-refractivity contribution < 1.29 is 26.7 Å². The van der Waals surface area contributed by atoms with Gasteiger partial charge in [0.25, 0.3) is 0 Å². The van der Waals surface area contributed by atoms with Crippen molar-refractivity contribution in [2.75, 3.05) is 0 Å². The lowest BCUT2D eigenvalue weighted by molar-refractivity contribution is -0.275. The third-order valence-electron chi connectivity index (χ3n) is 7.76. The number of unbranched alkanes of at least 4 members (excludes halogenated alkanes) is 3. The number of benzene rings is 3. The summed E-state index contributed by atoms with van der Waals surface area (Å²) in [5, 5.41) is 1.16. The van der Waals surface area contributed by atoms with E-state index in [4.69, 9.17) is 0 Å². The number of hydrogen-bond acceptors (Lipinski definition) is 1. The quantitative estimate of drug-likeness (QED) is 0.192. The van der Waals surface area contributed by atoms with Crippen molar-refractivity contribution >= 4 is 10.8 Å². The second-order valence-electron chi connectivity index (χ2n) is 10.5. The minimum absolute atomic E-state index is 0.129. The first-order valence-corrected chi connectivity index (χ1v) is 13.5. The average molecular weight is 519 g/mol. The molecule has 0 atom stereocenters. The Labute approximate surface area is 216 Å². The minimum atomic E-state index is -5.00. The number of aryl methyl sites for hydroxylation is 1. The van der Waals surface area contributed by atoms with Crippen LogP contribution in [0.4, 0.5) is 22.0 Å². The van der Waals surface area contributed by atoms with Crippen LogP contribution in [0.2, 0.25) is 0 Å². The van der Waals surface area contributed by atoms with E-state index in [1.165, 1.54) is 69.4 Å². The highest BCUT2D eigenvalue weighted by molar-refractivity contribution is 5.88. The van der Waals surface area contributed by atoms with Gasteiger partial charge >= 0.3 is 6.36 Å². The lowest BCUT2D eigenvalue weighted by Crippen LogP contribution is -2.17. The molecule has 1 fully saturated rings. The van der Waals surface area contributed by atoms with Crippen LogP contribution in [0.1, 0.15) is 76.7 Å². The molecule has 4 rings (SSSR count). The van der Waals surface area contributed by atoms with E-state index in [1.807, 2.05) is 12.1 Å². The van der Waals surface area contributed by atoms with Crippen LogP contribution in [0.15, 0.2) is 48.5 Å². The van der Waals surface area contributed by atoms with Crippen molar-refractivity contribution in [1.82, 2.24) is 0 Å². The summed E-state index contributed by atoms with van der Waals surface area (Å²) in [6.45, 7) is 2.25. The van der Waals surface area contributed by atoms with Gasteiger partial charge in [0.15, 0.2) is 11.6 Å². The molecule has 0 radical (unpaired) electrons. The van der Waals surface area contributed by atoms with Gasteiger partial charge in [0.05, 0.1) is 0 Å². The number of hydrogen-bond donors (Lipinski definition) is 0. The molecule has 0 unspecified atom stereocenters. The zero-order valence-electron chi connectivity index (χ0n) is 21.3. The second kappa shape index (κ2) is 12.3. The fraction of sp³-hybridized carbons (Fsp3) is 0.484. The molecule has 1 saturated carbocycles. The van der Waals surface area contributed by atoms with Gasteiger partial charge in [0.1, 0.15) is 5.82 Å². The number of ether oxygens (including phenoxy) is 1. The number of halogens is 5. The van der Waals surface area contributed by atoms with Gasteiger partial charge in [-0.25, -0.2) is 8.78 Å². The zero-order chi connectivity index (χ0) is 26.4. The van der Waals surface area contributed by atoms with Gasteiger partial charge in [0, 0.05) is 10.9 Å². The first-order chi connectivity index (χ1) is 17.7. The Bertz CT molecular complexity index is 1180. The third-order valence-corrected chi connectivity index (χ3v) is 7.76. The van der Waals surface area contributed by atoms with Crippen LogP contribution in [0.5, 0.6) is 5.75 Å². The fourth-order valence-electron chi connectivity index (χ4n) is 5.64. The van der Waals surface area contributed by atoms with Gasteiger partial charge in [-0.2, -0.15) is 0 Å². The van der Waals surface area contributed by atoms with E-state index in [9.17, 15) is 17.6 Å². The van der Waals surface area contributed by atoms with Gasteiger partial charge in [-0.05, 0) is 53.3 Å². The first kappa shape index (κ1) is 27.4. The van der Waals surface area contributed by atoms with Crippen molar-refractivity contribution in [2.45, 2.75) is 83.9 Å². The molecule has 37 heavy (non-hydrogen) atoms. The maximum Gasteiger partial charge on any atom is 0.573 e. The van der Waals surface area contributed by atoms with Crippen molar-refractivity contribution in [3.8, 4) is 16.9 Å². The predicted octanol–water partition coefficient (Wildman–Crippen LogP) is 10.4. The second-order valence-corrected chi connectivity index (χ2v) is 10.5. The first-order valence-electron chi connectivity index (χ1n) is 13.5. The molecule has 0 saturated heterocycles. The molecule has 1 aliphatic rings. The van der Waals surface area contributed by atoms with Gasteiger partial charge in [0.2, 0.25) is 0 Å². The Balaban J connectivity index is 1.37. The molecular weight excluding hydrogens is 483 g/mol. The molecule has 1 aliphatic carbocycles. The summed E-state index contributed by atoms with van der Waals surface area (Å²) in [6.07, 6.45) is 9.11. The zero-order valence-corrected chi connectivity index (χ0v) is 21.3. The number of fused-ring (bicyclic) bond motifs is 1. The van der Waals surface area contributed by atoms with Crippen LogP contribution in [0, 0.1) is 23.5 Å². The molecule has 0 bridgehead atoms. The normalized spacial score (nSPS) is 18.3. The van der Waals surface area contributed by atoms with Crippen LogP contribution in [-0.2, 0) is 6.42 Å². The van der Waals surface area contributed by atoms with E-state index < -0.39 is 23.7 Å². The lowest BCUT2D eigenvalue weighted by Gasteiger charge is -2.28. The van der Waals surface area contributed by atoms with Gasteiger partial charge in [-0.1, -0.05) is 101 Å². The Kier molecular flexibility index (Phi) is 9.09. The summed E-state index contributed by atoms with van der Waals surface area (Å²) < 4.78 is 70.3. The third kappa shape index (κ3) is 7.45. The van der Waals surface area contributed by atoms with E-state index in [-0.39, 0.29) is 11.1 Å². The number of rotatable bonds is 10. The molecule has 0 heterocycles.